The van der Waals surface area contributed by atoms with E-state index < -0.39 is 11.9 Å². The smallest absolute Gasteiger partial charge is 0.414 e. The molecule has 2 N–H and O–H groups in total. The molecule has 10 nitrogen and oxygen atoms in total. The van der Waals surface area contributed by atoms with E-state index in [9.17, 15) is 8.78 Å². The maximum Gasteiger partial charge on any atom is 0.414 e. The molecule has 0 atom stereocenters. The summed E-state index contributed by atoms with van der Waals surface area (Å²) in [4.78, 5) is 32.6. The van der Waals surface area contributed by atoms with Crippen molar-refractivity contribution in [3.63, 3.8) is 0 Å². The zero-order valence-corrected chi connectivity index (χ0v) is 25.3. The van der Waals surface area contributed by atoms with Gasteiger partial charge < -0.3 is 24.4 Å². The van der Waals surface area contributed by atoms with E-state index >= 15 is 0 Å². The van der Waals surface area contributed by atoms with Crippen molar-refractivity contribution in [2.45, 2.75) is 38.8 Å². The molecule has 45 heavy (non-hydrogen) atoms. The maximum absolute atomic E-state index is 13.5. The van der Waals surface area contributed by atoms with Crippen molar-refractivity contribution in [3.8, 4) is 0 Å². The van der Waals surface area contributed by atoms with Gasteiger partial charge in [-0.15, -0.1) is 0 Å². The fourth-order valence-electron chi connectivity index (χ4n) is 5.47. The Kier molecular flexibility index (Phi) is 12.5. The van der Waals surface area contributed by atoms with E-state index in [0.717, 1.165) is 86.8 Å². The van der Waals surface area contributed by atoms with Crippen LogP contribution < -0.4 is 0 Å². The summed E-state index contributed by atoms with van der Waals surface area (Å²) in [6, 6.07) is 17.4. The van der Waals surface area contributed by atoms with Crippen LogP contribution in [-0.2, 0) is 27.4 Å². The summed E-state index contributed by atoms with van der Waals surface area (Å²) in [5, 5.41) is 14.8. The average Bonchev–Trinajstić information content (AvgIpc) is 3.38. The molecule has 2 aromatic carbocycles. The van der Waals surface area contributed by atoms with Crippen molar-refractivity contribution in [1.82, 2.24) is 24.3 Å². The number of carbonyl (C=O) groups is 2. The van der Waals surface area contributed by atoms with E-state index in [0.29, 0.717) is 13.2 Å². The third-order valence-corrected chi connectivity index (χ3v) is 7.77. The molecular formula is C33H39F2N5O5. The van der Waals surface area contributed by atoms with Crippen LogP contribution in [0.5, 0.6) is 0 Å². The largest absolute Gasteiger partial charge is 0.473 e. The summed E-state index contributed by atoms with van der Waals surface area (Å²) in [6.07, 6.45) is 3.76. The minimum absolute atomic E-state index is 0.116. The molecule has 12 heteroatoms. The number of carboxylic acids is 2. The molecule has 0 spiro atoms. The van der Waals surface area contributed by atoms with E-state index in [1.807, 2.05) is 49.5 Å². The van der Waals surface area contributed by atoms with Crippen LogP contribution in [0.4, 0.5) is 8.78 Å². The predicted molar refractivity (Wildman–Crippen MR) is 165 cm³/mol. The van der Waals surface area contributed by atoms with E-state index in [2.05, 4.69) is 19.4 Å². The summed E-state index contributed by atoms with van der Waals surface area (Å²) < 4.78 is 34.9. The minimum atomic E-state index is -1.82. The number of halogens is 2. The Morgan fingerprint density at radius 1 is 0.867 bits per heavy atom. The number of hydrogen-bond donors (Lipinski definition) is 2. The molecule has 0 saturated carbocycles. The first kappa shape index (κ1) is 33.6. The monoisotopic (exact) mass is 623 g/mol. The van der Waals surface area contributed by atoms with E-state index in [1.165, 1.54) is 24.3 Å². The van der Waals surface area contributed by atoms with Gasteiger partial charge >= 0.3 is 11.9 Å². The first-order valence-corrected chi connectivity index (χ1v) is 15.0. The molecule has 1 aliphatic rings. The van der Waals surface area contributed by atoms with Crippen LogP contribution in [0.15, 0.2) is 66.9 Å². The van der Waals surface area contributed by atoms with Crippen molar-refractivity contribution >= 4 is 23.1 Å². The van der Waals surface area contributed by atoms with E-state index in [4.69, 9.17) is 29.5 Å². The van der Waals surface area contributed by atoms with Gasteiger partial charge in [-0.1, -0.05) is 24.3 Å². The van der Waals surface area contributed by atoms with Gasteiger partial charge in [-0.2, -0.15) is 0 Å². The van der Waals surface area contributed by atoms with Gasteiger partial charge in [0, 0.05) is 51.4 Å². The van der Waals surface area contributed by atoms with E-state index in [-0.39, 0.29) is 17.6 Å². The normalized spacial score (nSPS) is 14.0. The molecule has 4 aromatic rings. The average molecular weight is 624 g/mol. The van der Waals surface area contributed by atoms with Crippen LogP contribution in [0.1, 0.15) is 42.6 Å². The van der Waals surface area contributed by atoms with Crippen LogP contribution in [-0.4, -0.2) is 92.4 Å². The van der Waals surface area contributed by atoms with Crippen molar-refractivity contribution in [2.24, 2.45) is 0 Å². The number of piperazine rings is 1. The number of pyridine rings is 1. The molecule has 1 aliphatic heterocycles. The van der Waals surface area contributed by atoms with Gasteiger partial charge in [0.2, 0.25) is 0 Å². The fraction of sp³-hybridized carbons (Fsp3) is 0.394. The van der Waals surface area contributed by atoms with Crippen molar-refractivity contribution in [2.75, 3.05) is 45.9 Å². The van der Waals surface area contributed by atoms with Gasteiger partial charge in [0.05, 0.1) is 13.2 Å². The van der Waals surface area contributed by atoms with Gasteiger partial charge in [-0.3, -0.25) is 4.90 Å². The maximum atomic E-state index is 13.5. The fourth-order valence-corrected chi connectivity index (χ4v) is 5.47. The Hall–Kier alpha value is -4.26. The Labute approximate surface area is 260 Å². The number of carboxylic acid groups (broad SMARTS) is 2. The summed E-state index contributed by atoms with van der Waals surface area (Å²) in [5.41, 5.74) is 3.98. The summed E-state index contributed by atoms with van der Waals surface area (Å²) in [5.74, 6) is -2.97. The first-order valence-electron chi connectivity index (χ1n) is 15.0. The number of aliphatic carboxylic acids is 2. The number of benzene rings is 2. The molecule has 0 aliphatic carbocycles. The standard InChI is InChI=1S/C31H37F2N5O.C2H2O4/c1-2-39-22-21-38-30(35-29-6-3-15-34-31(29)38)23-37-19-17-36(18-20-37)16-4-5-28(24-7-11-26(32)12-8-24)25-9-13-27(33)14-10-25;3-1(4)2(5)6/h3,6-15,28H,2,4-5,16-23H2,1H3;(H,3,4)(H,5,6). The lowest BCUT2D eigenvalue weighted by molar-refractivity contribution is -0.159. The minimum Gasteiger partial charge on any atom is -0.473 e. The third-order valence-electron chi connectivity index (χ3n) is 7.77. The van der Waals surface area contributed by atoms with Crippen LogP contribution in [0.3, 0.4) is 0 Å². The second-order valence-electron chi connectivity index (χ2n) is 10.7. The number of fused-ring (bicyclic) bond motifs is 1. The SMILES string of the molecule is CCOCCn1c(CN2CCN(CCCC(c3ccc(F)cc3)c3ccc(F)cc3)CC2)nc2cccnc21.O=C(O)C(=O)O. The van der Waals surface area contributed by atoms with Crippen LogP contribution in [0.25, 0.3) is 11.2 Å². The molecule has 1 fully saturated rings. The molecule has 5 rings (SSSR count). The Bertz CT molecular complexity index is 1470. The summed E-state index contributed by atoms with van der Waals surface area (Å²) in [6.45, 7) is 9.91. The number of hydrogen-bond acceptors (Lipinski definition) is 7. The number of nitrogens with zero attached hydrogens (tertiary/aromatic N) is 5. The topological polar surface area (TPSA) is 121 Å². The highest BCUT2D eigenvalue weighted by atomic mass is 19.1. The Morgan fingerprint density at radius 3 is 2.00 bits per heavy atom. The van der Waals surface area contributed by atoms with Gasteiger partial charge in [0.25, 0.3) is 0 Å². The highest BCUT2D eigenvalue weighted by Crippen LogP contribution is 2.30. The number of imidazole rings is 1. The zero-order chi connectivity index (χ0) is 32.2. The highest BCUT2D eigenvalue weighted by molar-refractivity contribution is 6.27. The lowest BCUT2D eigenvalue weighted by atomic mass is 9.87. The summed E-state index contributed by atoms with van der Waals surface area (Å²) >= 11 is 0. The third kappa shape index (κ3) is 9.87. The molecular weight excluding hydrogens is 584 g/mol. The molecule has 0 unspecified atom stereocenters. The van der Waals surface area contributed by atoms with Crippen LogP contribution in [0, 0.1) is 11.6 Å². The Balaban J connectivity index is 0.000000700. The van der Waals surface area contributed by atoms with Gasteiger partial charge in [-0.25, -0.2) is 28.3 Å². The molecule has 0 amide bonds. The van der Waals surface area contributed by atoms with Crippen LogP contribution in [0.2, 0.25) is 0 Å². The molecule has 1 saturated heterocycles. The van der Waals surface area contributed by atoms with Crippen molar-refractivity contribution < 1.29 is 33.3 Å². The highest BCUT2D eigenvalue weighted by Gasteiger charge is 2.21. The zero-order valence-electron chi connectivity index (χ0n) is 25.3. The number of rotatable bonds is 12. The molecule has 2 aromatic heterocycles. The second-order valence-corrected chi connectivity index (χ2v) is 10.7. The molecule has 3 heterocycles. The number of aromatic nitrogens is 3. The van der Waals surface area contributed by atoms with Crippen molar-refractivity contribution in [1.29, 1.82) is 0 Å². The quantitative estimate of drug-likeness (QED) is 0.172. The Morgan fingerprint density at radius 2 is 1.44 bits per heavy atom. The molecule has 0 bridgehead atoms. The molecule has 240 valence electrons. The summed E-state index contributed by atoms with van der Waals surface area (Å²) in [7, 11) is 0. The van der Waals surface area contributed by atoms with Gasteiger partial charge in [0.15, 0.2) is 5.65 Å². The molecule has 0 radical (unpaired) electrons. The van der Waals surface area contributed by atoms with E-state index in [1.54, 1.807) is 0 Å². The number of ether oxygens (including phenoxy) is 1. The lowest BCUT2D eigenvalue weighted by Crippen LogP contribution is -2.46. The second kappa shape index (κ2) is 16.7. The van der Waals surface area contributed by atoms with Gasteiger partial charge in [-0.05, 0) is 73.8 Å². The first-order chi connectivity index (χ1) is 21.7. The van der Waals surface area contributed by atoms with Crippen molar-refractivity contribution in [3.05, 3.63) is 95.4 Å². The lowest BCUT2D eigenvalue weighted by Gasteiger charge is -2.34. The van der Waals surface area contributed by atoms with Crippen LogP contribution >= 0.6 is 0 Å². The van der Waals surface area contributed by atoms with Gasteiger partial charge in [0.1, 0.15) is 23.0 Å². The predicted octanol–water partition coefficient (Wildman–Crippen LogP) is 4.63.